The molecule has 1 fully saturated rings. The van der Waals surface area contributed by atoms with Crippen LogP contribution >= 0.6 is 11.6 Å². The summed E-state index contributed by atoms with van der Waals surface area (Å²) in [5, 5.41) is 5.93. The molecule has 0 saturated carbocycles. The van der Waals surface area contributed by atoms with Crippen molar-refractivity contribution in [2.75, 3.05) is 85.2 Å². The molecule has 1 heterocycles. The third-order valence-corrected chi connectivity index (χ3v) is 9.24. The summed E-state index contributed by atoms with van der Waals surface area (Å²) < 4.78 is 27.3. The molecule has 268 valence electrons. The van der Waals surface area contributed by atoms with Crippen LogP contribution in [0.2, 0.25) is 5.02 Å². The highest BCUT2D eigenvalue weighted by atomic mass is 35.5. The minimum absolute atomic E-state index is 0.0163. The Balaban J connectivity index is 0.848. The highest BCUT2D eigenvalue weighted by molar-refractivity contribution is 6.33. The van der Waals surface area contributed by atoms with E-state index in [9.17, 15) is 14.4 Å². The molecule has 1 aliphatic carbocycles. The summed E-state index contributed by atoms with van der Waals surface area (Å²) in [6, 6.07) is 19.4. The van der Waals surface area contributed by atoms with Crippen molar-refractivity contribution in [1.82, 2.24) is 15.5 Å². The molecule has 2 aliphatic rings. The van der Waals surface area contributed by atoms with E-state index in [4.69, 9.17) is 41.0 Å². The second-order valence-electron chi connectivity index (χ2n) is 12.1. The highest BCUT2D eigenvalue weighted by Gasteiger charge is 2.29. The molecule has 4 N–H and O–H groups in total. The molecule has 50 heavy (non-hydrogen) atoms. The summed E-state index contributed by atoms with van der Waals surface area (Å²) >= 11 is 6.05. The number of carbonyl (C=O) groups is 3. The number of amides is 2. The van der Waals surface area contributed by atoms with E-state index in [1.54, 1.807) is 0 Å². The zero-order chi connectivity index (χ0) is 35.3. The molecule has 0 aromatic heterocycles. The third-order valence-electron chi connectivity index (χ3n) is 8.91. The van der Waals surface area contributed by atoms with Gasteiger partial charge in [-0.15, -0.1) is 0 Å². The number of methoxy groups -OCH3 is 1. The number of alkyl carbamates (subject to hydrolysis) is 1. The number of halogens is 1. The van der Waals surface area contributed by atoms with Crippen LogP contribution in [-0.2, 0) is 23.7 Å². The number of nitrogen functional groups attached to an aromatic ring is 1. The molecule has 0 bridgehead atoms. The van der Waals surface area contributed by atoms with Crippen molar-refractivity contribution < 1.29 is 38.1 Å². The monoisotopic (exact) mass is 708 g/mol. The summed E-state index contributed by atoms with van der Waals surface area (Å²) in [6.07, 6.45) is 0.969. The number of fused-ring (bicyclic) bond motifs is 3. The highest BCUT2D eigenvalue weighted by Crippen LogP contribution is 2.44. The van der Waals surface area contributed by atoms with Gasteiger partial charge in [-0.05, 0) is 54.3 Å². The average molecular weight is 709 g/mol. The minimum Gasteiger partial charge on any atom is -0.496 e. The molecule has 3 aromatic rings. The fourth-order valence-corrected chi connectivity index (χ4v) is 6.41. The summed E-state index contributed by atoms with van der Waals surface area (Å²) in [6.45, 7) is 4.69. The third kappa shape index (κ3) is 9.87. The van der Waals surface area contributed by atoms with E-state index in [0.29, 0.717) is 57.5 Å². The van der Waals surface area contributed by atoms with Crippen LogP contribution in [0.15, 0.2) is 60.7 Å². The van der Waals surface area contributed by atoms with Gasteiger partial charge < -0.3 is 40.1 Å². The minimum atomic E-state index is -0.533. The van der Waals surface area contributed by atoms with E-state index in [2.05, 4.69) is 39.8 Å². The van der Waals surface area contributed by atoms with Gasteiger partial charge in [-0.25, -0.2) is 9.59 Å². The smallest absolute Gasteiger partial charge is 0.407 e. The maximum Gasteiger partial charge on any atom is 0.407 e. The summed E-state index contributed by atoms with van der Waals surface area (Å²) in [4.78, 5) is 39.6. The van der Waals surface area contributed by atoms with Crippen molar-refractivity contribution in [2.24, 2.45) is 5.92 Å². The number of ether oxygens (including phenoxy) is 5. The number of benzene rings is 3. The standard InChI is InChI=1S/C37H45ClN4O8/c1-46-34-23-33(39)32(38)22-30(34)36(44)49-19-16-42-14-10-25(11-15-42)35(43)40-12-17-47-20-21-48-18-13-41-37(45)50-24-31-28-8-4-2-6-26(28)27-7-3-5-9-29(27)31/h2-9,22-23,25,31H,10-21,24,39H2,1H3,(H,40,43)(H,41,45). The van der Waals surface area contributed by atoms with Gasteiger partial charge in [0.2, 0.25) is 5.91 Å². The second-order valence-corrected chi connectivity index (χ2v) is 12.5. The first-order valence-corrected chi connectivity index (χ1v) is 17.3. The maximum atomic E-state index is 12.6. The molecule has 1 saturated heterocycles. The second kappa shape index (κ2) is 18.6. The average Bonchev–Trinajstić information content (AvgIpc) is 3.46. The van der Waals surface area contributed by atoms with Crippen LogP contribution in [0, 0.1) is 5.92 Å². The zero-order valence-electron chi connectivity index (χ0n) is 28.3. The Morgan fingerprint density at radius 1 is 0.840 bits per heavy atom. The van der Waals surface area contributed by atoms with Crippen molar-refractivity contribution in [1.29, 1.82) is 0 Å². The van der Waals surface area contributed by atoms with Crippen molar-refractivity contribution in [2.45, 2.75) is 18.8 Å². The normalized spacial score (nSPS) is 14.4. The van der Waals surface area contributed by atoms with E-state index < -0.39 is 12.1 Å². The van der Waals surface area contributed by atoms with Crippen molar-refractivity contribution >= 4 is 35.3 Å². The number of piperidine rings is 1. The van der Waals surface area contributed by atoms with Gasteiger partial charge in [0, 0.05) is 37.5 Å². The Morgan fingerprint density at radius 2 is 1.46 bits per heavy atom. The van der Waals surface area contributed by atoms with Gasteiger partial charge >= 0.3 is 12.1 Å². The number of hydrogen-bond acceptors (Lipinski definition) is 10. The van der Waals surface area contributed by atoms with Gasteiger partial charge in [0.25, 0.3) is 0 Å². The number of hydrogen-bond donors (Lipinski definition) is 3. The molecular formula is C37H45ClN4O8. The van der Waals surface area contributed by atoms with E-state index in [-0.39, 0.29) is 41.5 Å². The Kier molecular flexibility index (Phi) is 13.7. The Hall–Kier alpha value is -4.36. The lowest BCUT2D eigenvalue weighted by molar-refractivity contribution is -0.126. The predicted octanol–water partition coefficient (Wildman–Crippen LogP) is 4.49. The lowest BCUT2D eigenvalue weighted by Gasteiger charge is -2.31. The molecule has 3 aromatic carbocycles. The van der Waals surface area contributed by atoms with Crippen molar-refractivity contribution in [3.63, 3.8) is 0 Å². The number of carbonyl (C=O) groups excluding carboxylic acids is 3. The number of nitrogens with zero attached hydrogens (tertiary/aromatic N) is 1. The molecule has 1 aliphatic heterocycles. The Bertz CT molecular complexity index is 1570. The maximum absolute atomic E-state index is 12.6. The fourth-order valence-electron chi connectivity index (χ4n) is 6.25. The van der Waals surface area contributed by atoms with Crippen LogP contribution in [-0.4, -0.2) is 102 Å². The predicted molar refractivity (Wildman–Crippen MR) is 190 cm³/mol. The van der Waals surface area contributed by atoms with E-state index >= 15 is 0 Å². The molecule has 0 spiro atoms. The molecule has 5 rings (SSSR count). The summed E-state index contributed by atoms with van der Waals surface area (Å²) in [5.74, 6) is -0.260. The van der Waals surface area contributed by atoms with Crippen LogP contribution in [0.25, 0.3) is 11.1 Å². The first kappa shape index (κ1) is 36.9. The number of esters is 1. The molecule has 12 nitrogen and oxygen atoms in total. The lowest BCUT2D eigenvalue weighted by Crippen LogP contribution is -2.42. The van der Waals surface area contributed by atoms with Crippen LogP contribution in [0.1, 0.15) is 40.2 Å². The zero-order valence-corrected chi connectivity index (χ0v) is 29.0. The summed E-state index contributed by atoms with van der Waals surface area (Å²) in [7, 11) is 1.45. The van der Waals surface area contributed by atoms with Crippen LogP contribution < -0.4 is 21.1 Å². The molecular weight excluding hydrogens is 664 g/mol. The Labute approximate surface area is 297 Å². The topological polar surface area (TPSA) is 151 Å². The van der Waals surface area contributed by atoms with E-state index in [0.717, 1.165) is 25.9 Å². The quantitative estimate of drug-likeness (QED) is 0.104. The van der Waals surface area contributed by atoms with Gasteiger partial charge in [-0.1, -0.05) is 60.1 Å². The van der Waals surface area contributed by atoms with Crippen LogP contribution in [0.5, 0.6) is 5.75 Å². The van der Waals surface area contributed by atoms with Gasteiger partial charge in [0.15, 0.2) is 0 Å². The molecule has 0 unspecified atom stereocenters. The number of nitrogens with one attached hydrogen (secondary N) is 2. The van der Waals surface area contributed by atoms with E-state index in [1.165, 1.54) is 41.5 Å². The van der Waals surface area contributed by atoms with Crippen molar-refractivity contribution in [3.8, 4) is 16.9 Å². The van der Waals surface area contributed by atoms with Gasteiger partial charge in [-0.2, -0.15) is 0 Å². The van der Waals surface area contributed by atoms with Gasteiger partial charge in [0.1, 0.15) is 24.5 Å². The SMILES string of the molecule is COc1cc(N)c(Cl)cc1C(=O)OCCN1CCC(C(=O)NCCOCCOCCNC(=O)OCC2c3ccccc3-c3ccccc32)CC1. The molecule has 2 amide bonds. The molecule has 0 atom stereocenters. The Morgan fingerprint density at radius 3 is 2.10 bits per heavy atom. The first-order valence-electron chi connectivity index (χ1n) is 16.9. The van der Waals surface area contributed by atoms with Gasteiger partial charge in [-0.3, -0.25) is 9.69 Å². The fraction of sp³-hybridized carbons (Fsp3) is 0.432. The molecule has 0 radical (unpaired) electrons. The van der Waals surface area contributed by atoms with Crippen molar-refractivity contribution in [3.05, 3.63) is 82.4 Å². The van der Waals surface area contributed by atoms with Crippen LogP contribution in [0.4, 0.5) is 10.5 Å². The molecule has 13 heteroatoms. The van der Waals surface area contributed by atoms with Crippen LogP contribution in [0.3, 0.4) is 0 Å². The van der Waals surface area contributed by atoms with Gasteiger partial charge in [0.05, 0.1) is 44.2 Å². The first-order chi connectivity index (χ1) is 24.4. The lowest BCUT2D eigenvalue weighted by atomic mass is 9.96. The summed E-state index contributed by atoms with van der Waals surface area (Å²) in [5.41, 5.74) is 11.0. The number of rotatable bonds is 17. The van der Waals surface area contributed by atoms with E-state index in [1.807, 2.05) is 24.3 Å². The number of nitrogens with two attached hydrogens (primary N) is 1. The number of anilines is 1. The largest absolute Gasteiger partial charge is 0.496 e. The number of likely N-dealkylation sites (tertiary alicyclic amines) is 1.